The molecular weight excluding hydrogens is 396 g/mol. The second kappa shape index (κ2) is 8.42. The minimum absolute atomic E-state index is 0.233. The molecule has 0 bridgehead atoms. The average molecular weight is 419 g/mol. The predicted octanol–water partition coefficient (Wildman–Crippen LogP) is 4.31. The quantitative estimate of drug-likeness (QED) is 0.639. The number of piperazine rings is 1. The molecule has 0 radical (unpaired) electrons. The van der Waals surface area contributed by atoms with Gasteiger partial charge in [-0.3, -0.25) is 4.90 Å². The van der Waals surface area contributed by atoms with E-state index in [1.54, 1.807) is 6.33 Å². The Kier molecular flexibility index (Phi) is 5.34. The van der Waals surface area contributed by atoms with Crippen LogP contribution in [-0.2, 0) is 0 Å². The lowest BCUT2D eigenvalue weighted by Crippen LogP contribution is -2.48. The zero-order valence-corrected chi connectivity index (χ0v) is 17.3. The van der Waals surface area contributed by atoms with E-state index in [9.17, 15) is 0 Å². The van der Waals surface area contributed by atoms with Gasteiger partial charge in [-0.05, 0) is 29.2 Å². The standard InChI is InChI=1S/C23H23ClN6/c24-23-27-21-19(25-16-26-21)22(28-23)30-14-12-29(13-15-30)20(18-10-6-3-7-11-18)17-8-4-1-2-5-9-17/h1-8,10-11,16,20H,9,12-15H2,(H,25,26,27,28). The monoisotopic (exact) mass is 418 g/mol. The maximum Gasteiger partial charge on any atom is 0.226 e. The zero-order chi connectivity index (χ0) is 20.3. The van der Waals surface area contributed by atoms with Gasteiger partial charge in [-0.1, -0.05) is 60.7 Å². The molecule has 0 amide bonds. The number of halogens is 1. The summed E-state index contributed by atoms with van der Waals surface area (Å²) in [6, 6.07) is 11.1. The van der Waals surface area contributed by atoms with Crippen LogP contribution in [0, 0.1) is 0 Å². The molecule has 1 unspecified atom stereocenters. The van der Waals surface area contributed by atoms with Crippen LogP contribution in [0.5, 0.6) is 0 Å². The van der Waals surface area contributed by atoms with E-state index in [4.69, 9.17) is 11.6 Å². The topological polar surface area (TPSA) is 60.9 Å². The van der Waals surface area contributed by atoms with Crippen molar-refractivity contribution in [1.82, 2.24) is 24.8 Å². The molecule has 1 aliphatic heterocycles. The molecule has 3 heterocycles. The molecule has 1 saturated heterocycles. The van der Waals surface area contributed by atoms with Crippen LogP contribution in [0.2, 0.25) is 5.28 Å². The first kappa shape index (κ1) is 19.0. The van der Waals surface area contributed by atoms with E-state index >= 15 is 0 Å². The van der Waals surface area contributed by atoms with Crippen LogP contribution in [0.1, 0.15) is 18.0 Å². The molecule has 5 rings (SSSR count). The van der Waals surface area contributed by atoms with E-state index in [0.29, 0.717) is 5.65 Å². The van der Waals surface area contributed by atoms with E-state index < -0.39 is 0 Å². The minimum atomic E-state index is 0.233. The number of aromatic nitrogens is 4. The lowest BCUT2D eigenvalue weighted by atomic mass is 9.94. The Morgan fingerprint density at radius 1 is 0.967 bits per heavy atom. The Morgan fingerprint density at radius 2 is 1.80 bits per heavy atom. The number of benzene rings is 1. The maximum absolute atomic E-state index is 6.14. The van der Waals surface area contributed by atoms with Gasteiger partial charge < -0.3 is 9.88 Å². The number of allylic oxidation sites excluding steroid dienone is 5. The SMILES string of the molecule is Clc1nc(N2CCN(C(C3=CC=CC=CC3)c3ccccc3)CC2)c2[nH]cnc2n1. The van der Waals surface area contributed by atoms with E-state index in [0.717, 1.165) is 43.9 Å². The molecule has 1 atom stereocenters. The Balaban J connectivity index is 1.40. The number of fused-ring (bicyclic) bond motifs is 1. The van der Waals surface area contributed by atoms with Crippen LogP contribution in [0.4, 0.5) is 5.82 Å². The van der Waals surface area contributed by atoms with Crippen molar-refractivity contribution in [2.45, 2.75) is 12.5 Å². The van der Waals surface area contributed by atoms with Gasteiger partial charge in [0.1, 0.15) is 5.52 Å². The minimum Gasteiger partial charge on any atom is -0.352 e. The Labute approximate surface area is 180 Å². The summed E-state index contributed by atoms with van der Waals surface area (Å²) in [5.74, 6) is 0.831. The van der Waals surface area contributed by atoms with Crippen molar-refractivity contribution in [3.8, 4) is 0 Å². The maximum atomic E-state index is 6.14. The van der Waals surface area contributed by atoms with Gasteiger partial charge in [0.05, 0.1) is 12.4 Å². The number of nitrogens with zero attached hydrogens (tertiary/aromatic N) is 5. The van der Waals surface area contributed by atoms with Gasteiger partial charge >= 0.3 is 0 Å². The molecule has 0 saturated carbocycles. The van der Waals surface area contributed by atoms with Crippen molar-refractivity contribution in [1.29, 1.82) is 0 Å². The van der Waals surface area contributed by atoms with E-state index in [1.807, 2.05) is 0 Å². The first-order valence-electron chi connectivity index (χ1n) is 10.2. The van der Waals surface area contributed by atoms with Crippen molar-refractivity contribution in [2.24, 2.45) is 0 Å². The molecule has 2 aromatic heterocycles. The predicted molar refractivity (Wildman–Crippen MR) is 121 cm³/mol. The summed E-state index contributed by atoms with van der Waals surface area (Å²) < 4.78 is 0. The summed E-state index contributed by atoms with van der Waals surface area (Å²) in [5.41, 5.74) is 4.20. The number of anilines is 1. The number of nitrogens with one attached hydrogen (secondary N) is 1. The van der Waals surface area contributed by atoms with Gasteiger partial charge in [-0.2, -0.15) is 9.97 Å². The summed E-state index contributed by atoms with van der Waals surface area (Å²) >= 11 is 6.14. The molecule has 0 spiro atoms. The van der Waals surface area contributed by atoms with Gasteiger partial charge in [-0.25, -0.2) is 4.98 Å². The fourth-order valence-electron chi connectivity index (χ4n) is 4.30. The van der Waals surface area contributed by atoms with Gasteiger partial charge in [0.15, 0.2) is 11.5 Å². The smallest absolute Gasteiger partial charge is 0.226 e. The molecule has 152 valence electrons. The number of hydrogen-bond donors (Lipinski definition) is 1. The normalized spacial score (nSPS) is 18.4. The van der Waals surface area contributed by atoms with Crippen LogP contribution in [0.25, 0.3) is 11.2 Å². The van der Waals surface area contributed by atoms with Gasteiger partial charge in [0, 0.05) is 26.2 Å². The highest BCUT2D eigenvalue weighted by atomic mass is 35.5. The molecule has 1 aliphatic carbocycles. The van der Waals surface area contributed by atoms with Gasteiger partial charge in [0.25, 0.3) is 0 Å². The highest BCUT2D eigenvalue weighted by molar-refractivity contribution is 6.28. The Hall–Kier alpha value is -2.96. The van der Waals surface area contributed by atoms with E-state index in [-0.39, 0.29) is 11.3 Å². The van der Waals surface area contributed by atoms with Crippen molar-refractivity contribution >= 4 is 28.6 Å². The average Bonchev–Trinajstić information content (AvgIpc) is 3.09. The second-order valence-corrected chi connectivity index (χ2v) is 7.85. The van der Waals surface area contributed by atoms with Gasteiger partial charge in [-0.15, -0.1) is 0 Å². The molecule has 1 fully saturated rings. The lowest BCUT2D eigenvalue weighted by molar-refractivity contribution is 0.207. The molecule has 6 nitrogen and oxygen atoms in total. The first-order valence-corrected chi connectivity index (χ1v) is 10.6. The zero-order valence-electron chi connectivity index (χ0n) is 16.6. The summed E-state index contributed by atoms with van der Waals surface area (Å²) in [7, 11) is 0. The third-order valence-electron chi connectivity index (χ3n) is 5.71. The molecule has 2 aliphatic rings. The molecular formula is C23H23ClN6. The first-order chi connectivity index (χ1) is 14.8. The largest absolute Gasteiger partial charge is 0.352 e. The number of H-pyrrole nitrogens is 1. The molecule has 30 heavy (non-hydrogen) atoms. The highest BCUT2D eigenvalue weighted by Gasteiger charge is 2.29. The van der Waals surface area contributed by atoms with Gasteiger partial charge in [0.2, 0.25) is 5.28 Å². The number of hydrogen-bond acceptors (Lipinski definition) is 5. The van der Waals surface area contributed by atoms with Crippen LogP contribution < -0.4 is 4.90 Å². The summed E-state index contributed by atoms with van der Waals surface area (Å²) in [6.07, 6.45) is 13.5. The summed E-state index contributed by atoms with van der Waals surface area (Å²) in [6.45, 7) is 3.59. The number of rotatable bonds is 4. The molecule has 1 aromatic carbocycles. The number of imidazole rings is 1. The second-order valence-electron chi connectivity index (χ2n) is 7.51. The summed E-state index contributed by atoms with van der Waals surface area (Å²) in [5, 5.41) is 0.233. The highest BCUT2D eigenvalue weighted by Crippen LogP contribution is 2.33. The molecule has 7 heteroatoms. The molecule has 3 aromatic rings. The van der Waals surface area contributed by atoms with Crippen molar-refractivity contribution in [3.05, 3.63) is 83.5 Å². The van der Waals surface area contributed by atoms with Crippen molar-refractivity contribution in [3.63, 3.8) is 0 Å². The Bertz CT molecular complexity index is 1110. The van der Waals surface area contributed by atoms with Crippen LogP contribution in [-0.4, -0.2) is 51.0 Å². The third-order valence-corrected chi connectivity index (χ3v) is 5.88. The fourth-order valence-corrected chi connectivity index (χ4v) is 4.46. The van der Waals surface area contributed by atoms with Crippen LogP contribution in [0.3, 0.4) is 0 Å². The Morgan fingerprint density at radius 3 is 2.63 bits per heavy atom. The molecule has 1 N–H and O–H groups in total. The van der Waals surface area contributed by atoms with Crippen LogP contribution in [0.15, 0.2) is 72.6 Å². The van der Waals surface area contributed by atoms with Crippen LogP contribution >= 0.6 is 11.6 Å². The van der Waals surface area contributed by atoms with Crippen molar-refractivity contribution < 1.29 is 0 Å². The van der Waals surface area contributed by atoms with E-state index in [1.165, 1.54) is 11.1 Å². The van der Waals surface area contributed by atoms with E-state index in [2.05, 4.69) is 90.4 Å². The summed E-state index contributed by atoms with van der Waals surface area (Å²) in [4.78, 5) is 20.9. The third kappa shape index (κ3) is 3.76. The fraction of sp³-hybridized carbons (Fsp3) is 0.261. The van der Waals surface area contributed by atoms with Crippen molar-refractivity contribution in [2.75, 3.05) is 31.1 Å². The lowest BCUT2D eigenvalue weighted by Gasteiger charge is -2.41. The number of aromatic amines is 1.